The number of tetrazole rings is 1. The lowest BCUT2D eigenvalue weighted by Gasteiger charge is -2.23. The van der Waals surface area contributed by atoms with Crippen LogP contribution in [0.3, 0.4) is 0 Å². The molecule has 33 heavy (non-hydrogen) atoms. The number of ether oxygens (including phenoxy) is 2. The summed E-state index contributed by atoms with van der Waals surface area (Å²) in [6.45, 7) is 1.97. The van der Waals surface area contributed by atoms with Gasteiger partial charge in [-0.15, -0.1) is 0 Å². The quantitative estimate of drug-likeness (QED) is 0.362. The van der Waals surface area contributed by atoms with E-state index in [4.69, 9.17) is 21.1 Å². The van der Waals surface area contributed by atoms with Crippen LogP contribution in [0, 0.1) is 0 Å². The predicted octanol–water partition coefficient (Wildman–Crippen LogP) is 2.24. The Hall–Kier alpha value is -3.34. The number of anilines is 1. The lowest BCUT2D eigenvalue weighted by Crippen LogP contribution is -2.52. The number of H-pyrrole nitrogens is 1. The number of esters is 1. The fraction of sp³-hybridized carbons (Fsp3) is 0.318. The number of methoxy groups -OCH3 is 1. The van der Waals surface area contributed by atoms with Crippen LogP contribution in [-0.4, -0.2) is 64.9 Å². The lowest BCUT2D eigenvalue weighted by atomic mass is 10.00. The summed E-state index contributed by atoms with van der Waals surface area (Å²) >= 11 is 6.09. The Morgan fingerprint density at radius 2 is 1.91 bits per heavy atom. The maximum atomic E-state index is 13.0. The molecule has 3 rings (SSSR count). The minimum absolute atomic E-state index is 0.0418. The summed E-state index contributed by atoms with van der Waals surface area (Å²) in [6, 6.07) is 13.7. The first kappa shape index (κ1) is 24.3. The Kier molecular flexibility index (Phi) is 8.87. The average Bonchev–Trinajstić information content (AvgIpc) is 3.32. The van der Waals surface area contributed by atoms with Crippen molar-refractivity contribution in [3.63, 3.8) is 0 Å². The van der Waals surface area contributed by atoms with Crippen molar-refractivity contribution in [2.24, 2.45) is 0 Å². The summed E-state index contributed by atoms with van der Waals surface area (Å²) in [7, 11) is 1.47. The summed E-state index contributed by atoms with van der Waals surface area (Å²) in [5, 5.41) is 19.3. The van der Waals surface area contributed by atoms with Gasteiger partial charge < -0.3 is 9.47 Å². The van der Waals surface area contributed by atoms with E-state index in [1.54, 1.807) is 6.92 Å². The highest BCUT2D eigenvalue weighted by Gasteiger charge is 2.28. The van der Waals surface area contributed by atoms with Crippen molar-refractivity contribution in [3.8, 4) is 11.1 Å². The molecule has 2 atom stereocenters. The van der Waals surface area contributed by atoms with Gasteiger partial charge in [0.15, 0.2) is 0 Å². The molecule has 1 heterocycles. The molecule has 0 aliphatic rings. The number of aromatic nitrogens is 4. The first-order valence-corrected chi connectivity index (χ1v) is 10.7. The first-order chi connectivity index (χ1) is 16.0. The third-order valence-electron chi connectivity index (χ3n) is 4.76. The van der Waals surface area contributed by atoms with E-state index in [-0.39, 0.29) is 19.2 Å². The Bertz CT molecular complexity index is 1050. The van der Waals surface area contributed by atoms with E-state index in [1.165, 1.54) is 7.11 Å². The van der Waals surface area contributed by atoms with Crippen LogP contribution < -0.4 is 10.6 Å². The van der Waals surface area contributed by atoms with Gasteiger partial charge in [-0.05, 0) is 52.6 Å². The van der Waals surface area contributed by atoms with Gasteiger partial charge in [-0.3, -0.25) is 20.2 Å². The summed E-state index contributed by atoms with van der Waals surface area (Å²) in [4.78, 5) is 25.3. The molecule has 0 aliphatic carbocycles. The Labute approximate surface area is 196 Å². The van der Waals surface area contributed by atoms with Crippen LogP contribution in [0.5, 0.6) is 0 Å². The van der Waals surface area contributed by atoms with E-state index >= 15 is 0 Å². The molecule has 0 saturated heterocycles. The largest absolute Gasteiger partial charge is 0.465 e. The Balaban J connectivity index is 1.79. The van der Waals surface area contributed by atoms with Gasteiger partial charge in [0.05, 0.1) is 19.3 Å². The number of nitrogens with zero attached hydrogens (tertiary/aromatic N) is 3. The summed E-state index contributed by atoms with van der Waals surface area (Å²) in [5.41, 5.74) is 2.86. The molecule has 0 aliphatic heterocycles. The van der Waals surface area contributed by atoms with Gasteiger partial charge >= 0.3 is 5.97 Å². The van der Waals surface area contributed by atoms with Crippen LogP contribution in [-0.2, 0) is 25.5 Å². The molecule has 1 unspecified atom stereocenters. The van der Waals surface area contributed by atoms with Crippen molar-refractivity contribution in [1.29, 1.82) is 0 Å². The normalized spacial score (nSPS) is 12.7. The second-order valence-corrected chi connectivity index (χ2v) is 7.57. The molecule has 2 aromatic carbocycles. The standard InChI is InChI=1S/C22H25ClN6O4/c1-3-33-21(31)19(13-32-2)24-18(20(30)25-22-26-28-29-27-22)11-14-7-9-15(10-8-14)16-5-4-6-17(23)12-16/h4-10,12,18-19,24H,3,11,13H2,1-2H3,(H2,25,26,27,28,29,30)/t18-,19?/m0/s1. The zero-order valence-electron chi connectivity index (χ0n) is 18.2. The number of halogens is 1. The Morgan fingerprint density at radius 1 is 1.12 bits per heavy atom. The number of benzene rings is 2. The molecular weight excluding hydrogens is 448 g/mol. The number of nitrogens with one attached hydrogen (secondary N) is 3. The van der Waals surface area contributed by atoms with Gasteiger partial charge in [0, 0.05) is 12.1 Å². The van der Waals surface area contributed by atoms with E-state index in [9.17, 15) is 9.59 Å². The van der Waals surface area contributed by atoms with Crippen molar-refractivity contribution in [2.45, 2.75) is 25.4 Å². The topological polar surface area (TPSA) is 131 Å². The molecule has 11 heteroatoms. The van der Waals surface area contributed by atoms with Crippen molar-refractivity contribution in [2.75, 3.05) is 25.6 Å². The Morgan fingerprint density at radius 3 is 2.55 bits per heavy atom. The lowest BCUT2D eigenvalue weighted by molar-refractivity contribution is -0.147. The SMILES string of the molecule is CCOC(=O)C(COC)N[C@@H](Cc1ccc(-c2cccc(Cl)c2)cc1)C(=O)Nc1nnn[nH]1. The average molecular weight is 473 g/mol. The molecule has 3 N–H and O–H groups in total. The number of carbonyl (C=O) groups is 2. The molecule has 1 aromatic heterocycles. The van der Waals surface area contributed by atoms with Gasteiger partial charge in [-0.1, -0.05) is 53.1 Å². The maximum absolute atomic E-state index is 13.0. The highest BCUT2D eigenvalue weighted by molar-refractivity contribution is 6.30. The molecular formula is C22H25ClN6O4. The molecule has 0 spiro atoms. The smallest absolute Gasteiger partial charge is 0.325 e. The summed E-state index contributed by atoms with van der Waals surface area (Å²) < 4.78 is 10.2. The van der Waals surface area contributed by atoms with E-state index in [2.05, 4.69) is 31.3 Å². The summed E-state index contributed by atoms with van der Waals surface area (Å²) in [5.74, 6) is -0.824. The van der Waals surface area contributed by atoms with Crippen molar-refractivity contribution >= 4 is 29.4 Å². The number of amides is 1. The van der Waals surface area contributed by atoms with Crippen LogP contribution in [0.4, 0.5) is 5.95 Å². The van der Waals surface area contributed by atoms with E-state index < -0.39 is 24.0 Å². The minimum Gasteiger partial charge on any atom is -0.465 e. The minimum atomic E-state index is -0.829. The van der Waals surface area contributed by atoms with E-state index in [1.807, 2.05) is 48.5 Å². The molecule has 3 aromatic rings. The predicted molar refractivity (Wildman–Crippen MR) is 123 cm³/mol. The van der Waals surface area contributed by atoms with Crippen molar-refractivity contribution < 1.29 is 19.1 Å². The van der Waals surface area contributed by atoms with Crippen LogP contribution in [0.2, 0.25) is 5.02 Å². The van der Waals surface area contributed by atoms with Crippen LogP contribution >= 0.6 is 11.6 Å². The molecule has 0 radical (unpaired) electrons. The van der Waals surface area contributed by atoms with Gasteiger partial charge in [-0.2, -0.15) is 0 Å². The molecule has 10 nitrogen and oxygen atoms in total. The second kappa shape index (κ2) is 12.0. The highest BCUT2D eigenvalue weighted by Crippen LogP contribution is 2.23. The van der Waals surface area contributed by atoms with Gasteiger partial charge in [-0.25, -0.2) is 5.10 Å². The van der Waals surface area contributed by atoms with Crippen molar-refractivity contribution in [3.05, 3.63) is 59.1 Å². The van der Waals surface area contributed by atoms with Gasteiger partial charge in [0.1, 0.15) is 6.04 Å². The number of carbonyl (C=O) groups excluding carboxylic acids is 2. The zero-order valence-corrected chi connectivity index (χ0v) is 19.0. The molecule has 174 valence electrons. The van der Waals surface area contributed by atoms with E-state index in [0.29, 0.717) is 11.4 Å². The number of rotatable bonds is 11. The molecule has 0 fully saturated rings. The number of hydrogen-bond donors (Lipinski definition) is 3. The molecule has 0 saturated carbocycles. The highest BCUT2D eigenvalue weighted by atomic mass is 35.5. The third-order valence-corrected chi connectivity index (χ3v) is 5.00. The first-order valence-electron chi connectivity index (χ1n) is 10.3. The molecule has 0 bridgehead atoms. The second-order valence-electron chi connectivity index (χ2n) is 7.13. The summed E-state index contributed by atoms with van der Waals surface area (Å²) in [6.07, 6.45) is 0.294. The molecule has 1 amide bonds. The number of aromatic amines is 1. The van der Waals surface area contributed by atoms with Crippen LogP contribution in [0.1, 0.15) is 12.5 Å². The van der Waals surface area contributed by atoms with E-state index in [0.717, 1.165) is 16.7 Å². The third kappa shape index (κ3) is 7.07. The fourth-order valence-electron chi connectivity index (χ4n) is 3.22. The van der Waals surface area contributed by atoms with Crippen LogP contribution in [0.25, 0.3) is 11.1 Å². The zero-order chi connectivity index (χ0) is 23.6. The maximum Gasteiger partial charge on any atom is 0.325 e. The van der Waals surface area contributed by atoms with Crippen LogP contribution in [0.15, 0.2) is 48.5 Å². The fourth-order valence-corrected chi connectivity index (χ4v) is 3.41. The number of hydrogen-bond acceptors (Lipinski definition) is 8. The van der Waals surface area contributed by atoms with Gasteiger partial charge in [0.25, 0.3) is 0 Å². The van der Waals surface area contributed by atoms with Gasteiger partial charge in [0.2, 0.25) is 11.9 Å². The van der Waals surface area contributed by atoms with Crippen molar-refractivity contribution in [1.82, 2.24) is 25.9 Å². The monoisotopic (exact) mass is 472 g/mol.